The van der Waals surface area contributed by atoms with E-state index in [4.69, 9.17) is 5.73 Å². The third-order valence-corrected chi connectivity index (χ3v) is 3.21. The van der Waals surface area contributed by atoms with Crippen molar-refractivity contribution < 1.29 is 9.59 Å². The highest BCUT2D eigenvalue weighted by Gasteiger charge is 2.17. The van der Waals surface area contributed by atoms with E-state index in [1.54, 1.807) is 0 Å². The number of hydrogen-bond acceptors (Lipinski definition) is 3. The van der Waals surface area contributed by atoms with Gasteiger partial charge in [0, 0.05) is 25.1 Å². The normalized spacial score (nSPS) is 13.4. The Bertz CT molecular complexity index is 470. The molecule has 20 heavy (non-hydrogen) atoms. The highest BCUT2D eigenvalue weighted by molar-refractivity contribution is 5.88. The quantitative estimate of drug-likeness (QED) is 0.741. The summed E-state index contributed by atoms with van der Waals surface area (Å²) in [6.45, 7) is 5.67. The molecule has 110 valence electrons. The predicted octanol–water partition coefficient (Wildman–Crippen LogP) is 1.81. The number of benzene rings is 1. The zero-order chi connectivity index (χ0) is 15.1. The summed E-state index contributed by atoms with van der Waals surface area (Å²) < 4.78 is 0. The van der Waals surface area contributed by atoms with Crippen molar-refractivity contribution in [2.24, 2.45) is 11.7 Å². The molecule has 0 fully saturated rings. The highest BCUT2D eigenvalue weighted by atomic mass is 16.2. The van der Waals surface area contributed by atoms with Crippen molar-refractivity contribution in [2.75, 3.05) is 11.9 Å². The Hall–Kier alpha value is -1.88. The molecule has 0 bridgehead atoms. The second-order valence-corrected chi connectivity index (χ2v) is 4.88. The fourth-order valence-corrected chi connectivity index (χ4v) is 1.96. The molecular formula is C15H23N3O2. The van der Waals surface area contributed by atoms with Crippen molar-refractivity contribution in [2.45, 2.75) is 33.2 Å². The number of carbonyl (C=O) groups excluding carboxylic acids is 2. The molecule has 1 aromatic rings. The minimum Gasteiger partial charge on any atom is -0.349 e. The first-order chi connectivity index (χ1) is 9.47. The molecule has 1 aromatic carbocycles. The third kappa shape index (κ3) is 4.66. The molecule has 1 rings (SSSR count). The van der Waals surface area contributed by atoms with Crippen LogP contribution in [0.25, 0.3) is 0 Å². The maximum Gasteiger partial charge on any atom is 0.224 e. The highest BCUT2D eigenvalue weighted by Crippen LogP contribution is 2.18. The van der Waals surface area contributed by atoms with E-state index < -0.39 is 0 Å². The van der Waals surface area contributed by atoms with Crippen LogP contribution in [0.15, 0.2) is 24.3 Å². The molecular weight excluding hydrogens is 254 g/mol. The van der Waals surface area contributed by atoms with Crippen LogP contribution in [0.5, 0.6) is 0 Å². The second kappa shape index (κ2) is 7.65. The van der Waals surface area contributed by atoms with E-state index in [-0.39, 0.29) is 23.8 Å². The fourth-order valence-electron chi connectivity index (χ4n) is 1.96. The Balaban J connectivity index is 2.74. The van der Waals surface area contributed by atoms with Gasteiger partial charge in [-0.05, 0) is 31.0 Å². The Morgan fingerprint density at radius 2 is 2.05 bits per heavy atom. The molecule has 2 amide bonds. The van der Waals surface area contributed by atoms with Crippen LogP contribution in [0.4, 0.5) is 5.69 Å². The monoisotopic (exact) mass is 277 g/mol. The maximum atomic E-state index is 12.0. The summed E-state index contributed by atoms with van der Waals surface area (Å²) in [5, 5.41) is 5.67. The standard InChI is InChI=1S/C15H23N3O2/c1-4-12(9-16)15(20)17-10(2)13-6-5-7-14(8-13)18-11(3)19/h5-8,10,12H,4,9,16H2,1-3H3,(H,17,20)(H,18,19). The molecule has 4 N–H and O–H groups in total. The van der Waals surface area contributed by atoms with Gasteiger partial charge in [0.25, 0.3) is 0 Å². The smallest absolute Gasteiger partial charge is 0.224 e. The molecule has 2 atom stereocenters. The van der Waals surface area contributed by atoms with Crippen molar-refractivity contribution in [3.63, 3.8) is 0 Å². The lowest BCUT2D eigenvalue weighted by Crippen LogP contribution is -2.36. The van der Waals surface area contributed by atoms with E-state index >= 15 is 0 Å². The van der Waals surface area contributed by atoms with Crippen LogP contribution in [0.1, 0.15) is 38.8 Å². The van der Waals surface area contributed by atoms with E-state index in [1.165, 1.54) is 6.92 Å². The number of hydrogen-bond donors (Lipinski definition) is 3. The molecule has 0 aliphatic heterocycles. The molecule has 0 radical (unpaired) electrons. The molecule has 0 heterocycles. The summed E-state index contributed by atoms with van der Waals surface area (Å²) >= 11 is 0. The first-order valence-corrected chi connectivity index (χ1v) is 6.85. The zero-order valence-electron chi connectivity index (χ0n) is 12.3. The van der Waals surface area contributed by atoms with E-state index in [0.717, 1.165) is 17.7 Å². The summed E-state index contributed by atoms with van der Waals surface area (Å²) in [6, 6.07) is 7.31. The first kappa shape index (κ1) is 16.2. The Kier molecular flexibility index (Phi) is 6.18. The van der Waals surface area contributed by atoms with Gasteiger partial charge in [-0.1, -0.05) is 19.1 Å². The Labute approximate surface area is 119 Å². The second-order valence-electron chi connectivity index (χ2n) is 4.88. The van der Waals surface area contributed by atoms with Crippen molar-refractivity contribution in [3.8, 4) is 0 Å². The van der Waals surface area contributed by atoms with Gasteiger partial charge in [-0.25, -0.2) is 0 Å². The summed E-state index contributed by atoms with van der Waals surface area (Å²) in [6.07, 6.45) is 0.723. The van der Waals surface area contributed by atoms with Crippen LogP contribution in [-0.4, -0.2) is 18.4 Å². The van der Waals surface area contributed by atoms with E-state index in [0.29, 0.717) is 6.54 Å². The van der Waals surface area contributed by atoms with Crippen LogP contribution in [0.2, 0.25) is 0 Å². The topological polar surface area (TPSA) is 84.2 Å². The Morgan fingerprint density at radius 1 is 1.35 bits per heavy atom. The number of rotatable bonds is 6. The third-order valence-electron chi connectivity index (χ3n) is 3.21. The minimum absolute atomic E-state index is 0.0348. The lowest BCUT2D eigenvalue weighted by molar-refractivity contribution is -0.125. The summed E-state index contributed by atoms with van der Waals surface area (Å²) in [4.78, 5) is 23.0. The molecule has 0 aromatic heterocycles. The van der Waals surface area contributed by atoms with Gasteiger partial charge in [0.2, 0.25) is 11.8 Å². The van der Waals surface area contributed by atoms with Crippen molar-refractivity contribution in [3.05, 3.63) is 29.8 Å². The van der Waals surface area contributed by atoms with E-state index in [1.807, 2.05) is 38.1 Å². The van der Waals surface area contributed by atoms with Crippen LogP contribution >= 0.6 is 0 Å². The zero-order valence-corrected chi connectivity index (χ0v) is 12.3. The fraction of sp³-hybridized carbons (Fsp3) is 0.467. The number of anilines is 1. The van der Waals surface area contributed by atoms with E-state index in [2.05, 4.69) is 10.6 Å². The van der Waals surface area contributed by atoms with E-state index in [9.17, 15) is 9.59 Å². The lowest BCUT2D eigenvalue weighted by atomic mass is 10.0. The van der Waals surface area contributed by atoms with Crippen molar-refractivity contribution >= 4 is 17.5 Å². The molecule has 0 spiro atoms. The van der Waals surface area contributed by atoms with Crippen LogP contribution < -0.4 is 16.4 Å². The number of carbonyl (C=O) groups is 2. The molecule has 0 saturated carbocycles. The van der Waals surface area contributed by atoms with Gasteiger partial charge in [-0.2, -0.15) is 0 Å². The average Bonchev–Trinajstić information content (AvgIpc) is 2.39. The molecule has 0 saturated heterocycles. The summed E-state index contributed by atoms with van der Waals surface area (Å²) in [7, 11) is 0. The number of nitrogens with two attached hydrogens (primary N) is 1. The maximum absolute atomic E-state index is 12.0. The minimum atomic E-state index is -0.157. The summed E-state index contributed by atoms with van der Waals surface area (Å²) in [5.74, 6) is -0.309. The average molecular weight is 277 g/mol. The number of amides is 2. The van der Waals surface area contributed by atoms with Gasteiger partial charge in [0.15, 0.2) is 0 Å². The molecule has 5 nitrogen and oxygen atoms in total. The lowest BCUT2D eigenvalue weighted by Gasteiger charge is -2.19. The van der Waals surface area contributed by atoms with Crippen molar-refractivity contribution in [1.29, 1.82) is 0 Å². The SMILES string of the molecule is CCC(CN)C(=O)NC(C)c1cccc(NC(C)=O)c1. The van der Waals surface area contributed by atoms with Crippen LogP contribution in [-0.2, 0) is 9.59 Å². The number of nitrogens with one attached hydrogen (secondary N) is 2. The molecule has 0 aliphatic carbocycles. The van der Waals surface area contributed by atoms with Gasteiger partial charge in [0.05, 0.1) is 6.04 Å². The van der Waals surface area contributed by atoms with Gasteiger partial charge in [0.1, 0.15) is 0 Å². The van der Waals surface area contributed by atoms with Crippen LogP contribution in [0, 0.1) is 5.92 Å². The van der Waals surface area contributed by atoms with Gasteiger partial charge >= 0.3 is 0 Å². The Morgan fingerprint density at radius 3 is 2.60 bits per heavy atom. The summed E-state index contributed by atoms with van der Waals surface area (Å²) in [5.41, 5.74) is 7.23. The largest absolute Gasteiger partial charge is 0.349 e. The van der Waals surface area contributed by atoms with Gasteiger partial charge in [-0.15, -0.1) is 0 Å². The first-order valence-electron chi connectivity index (χ1n) is 6.85. The van der Waals surface area contributed by atoms with Gasteiger partial charge in [-0.3, -0.25) is 9.59 Å². The molecule has 2 unspecified atom stereocenters. The molecule has 0 aliphatic rings. The van der Waals surface area contributed by atoms with Crippen LogP contribution in [0.3, 0.4) is 0 Å². The van der Waals surface area contributed by atoms with Crippen molar-refractivity contribution in [1.82, 2.24) is 5.32 Å². The molecule has 5 heteroatoms. The predicted molar refractivity (Wildman–Crippen MR) is 80.1 cm³/mol. The van der Waals surface area contributed by atoms with Gasteiger partial charge < -0.3 is 16.4 Å².